The smallest absolute Gasteiger partial charge is 0.0376 e. The van der Waals surface area contributed by atoms with Crippen LogP contribution in [0, 0.1) is 5.41 Å². The highest BCUT2D eigenvalue weighted by molar-refractivity contribution is 5.07. The lowest BCUT2D eigenvalue weighted by atomic mass is 9.83. The van der Waals surface area contributed by atoms with Crippen molar-refractivity contribution in [1.29, 1.82) is 0 Å². The van der Waals surface area contributed by atoms with Crippen LogP contribution in [0.25, 0.3) is 0 Å². The molecule has 1 aliphatic heterocycles. The Hall–Kier alpha value is -0.160. The molecule has 5 N–H and O–H groups in total. The lowest BCUT2D eigenvalue weighted by Gasteiger charge is -2.31. The Balaban J connectivity index is 2.67. The minimum Gasteiger partial charge on any atom is -0.325 e. The molecular formula is C11H26N4. The molecule has 4 atom stereocenters. The van der Waals surface area contributed by atoms with Crippen LogP contribution in [0.15, 0.2) is 0 Å². The van der Waals surface area contributed by atoms with E-state index in [1.165, 1.54) is 0 Å². The van der Waals surface area contributed by atoms with E-state index in [9.17, 15) is 0 Å². The van der Waals surface area contributed by atoms with Crippen LogP contribution in [0.1, 0.15) is 20.8 Å². The van der Waals surface area contributed by atoms with Crippen LogP contribution in [0.3, 0.4) is 0 Å². The molecule has 0 radical (unpaired) electrons. The van der Waals surface area contributed by atoms with E-state index in [0.29, 0.717) is 12.1 Å². The Bertz CT molecular complexity index is 209. The second kappa shape index (κ2) is 4.37. The standard InChI is InChI=1S/C11H26N4/c1-11(2,3)10-9(13)8(12)7(14-10)6-15(4)5/h7-10,14H,6,12-13H2,1-5H3/t7?,8-,9?,10?/m1/s1. The molecule has 0 bridgehead atoms. The van der Waals surface area contributed by atoms with Gasteiger partial charge in [0.05, 0.1) is 0 Å². The van der Waals surface area contributed by atoms with Crippen LogP contribution in [0.4, 0.5) is 0 Å². The van der Waals surface area contributed by atoms with Crippen LogP contribution in [0.5, 0.6) is 0 Å². The molecule has 0 saturated carbocycles. The van der Waals surface area contributed by atoms with E-state index in [1.54, 1.807) is 0 Å². The summed E-state index contributed by atoms with van der Waals surface area (Å²) in [4.78, 5) is 2.15. The predicted octanol–water partition coefficient (Wildman–Crippen LogP) is -0.411. The van der Waals surface area contributed by atoms with Crippen molar-refractivity contribution in [2.24, 2.45) is 16.9 Å². The molecule has 0 aromatic heterocycles. The Morgan fingerprint density at radius 1 is 1.13 bits per heavy atom. The van der Waals surface area contributed by atoms with Crippen molar-refractivity contribution in [2.45, 2.75) is 44.9 Å². The van der Waals surface area contributed by atoms with E-state index in [1.807, 2.05) is 0 Å². The summed E-state index contributed by atoms with van der Waals surface area (Å²) in [6, 6.07) is 0.711. The number of nitrogens with two attached hydrogens (primary N) is 2. The molecule has 0 aromatic rings. The highest BCUT2D eigenvalue weighted by atomic mass is 15.2. The third kappa shape index (κ3) is 2.91. The molecule has 0 spiro atoms. The molecule has 15 heavy (non-hydrogen) atoms. The minimum atomic E-state index is 0.0509. The molecule has 3 unspecified atom stereocenters. The Morgan fingerprint density at radius 2 is 1.67 bits per heavy atom. The van der Waals surface area contributed by atoms with Crippen molar-refractivity contribution in [3.05, 3.63) is 0 Å². The first-order valence-corrected chi connectivity index (χ1v) is 5.65. The monoisotopic (exact) mass is 214 g/mol. The fraction of sp³-hybridized carbons (Fsp3) is 1.00. The van der Waals surface area contributed by atoms with Crippen LogP contribution in [-0.2, 0) is 0 Å². The number of hydrogen-bond donors (Lipinski definition) is 3. The maximum atomic E-state index is 6.17. The van der Waals surface area contributed by atoms with E-state index in [0.717, 1.165) is 6.54 Å². The van der Waals surface area contributed by atoms with E-state index >= 15 is 0 Å². The summed E-state index contributed by atoms with van der Waals surface area (Å²) in [5.41, 5.74) is 12.5. The van der Waals surface area contributed by atoms with E-state index in [-0.39, 0.29) is 17.5 Å². The molecule has 1 saturated heterocycles. The zero-order valence-corrected chi connectivity index (χ0v) is 10.6. The van der Waals surface area contributed by atoms with Gasteiger partial charge in [-0.1, -0.05) is 20.8 Å². The van der Waals surface area contributed by atoms with Crippen LogP contribution in [0.2, 0.25) is 0 Å². The minimum absolute atomic E-state index is 0.0509. The Labute approximate surface area is 93.4 Å². The average Bonchev–Trinajstić information content (AvgIpc) is 2.30. The molecule has 1 heterocycles. The number of likely N-dealkylation sites (N-methyl/N-ethyl adjacent to an activating group) is 1. The van der Waals surface area contributed by atoms with Crippen LogP contribution >= 0.6 is 0 Å². The van der Waals surface area contributed by atoms with Gasteiger partial charge in [-0.2, -0.15) is 0 Å². The largest absolute Gasteiger partial charge is 0.325 e. The number of nitrogens with zero attached hydrogens (tertiary/aromatic N) is 1. The average molecular weight is 214 g/mol. The summed E-state index contributed by atoms with van der Waals surface area (Å²) < 4.78 is 0. The second-order valence-electron chi connectivity index (χ2n) is 6.03. The van der Waals surface area contributed by atoms with Gasteiger partial charge in [-0.15, -0.1) is 0 Å². The lowest BCUT2D eigenvalue weighted by molar-refractivity contribution is 0.261. The Morgan fingerprint density at radius 3 is 2.00 bits per heavy atom. The lowest BCUT2D eigenvalue weighted by Crippen LogP contribution is -2.50. The fourth-order valence-corrected chi connectivity index (χ4v) is 2.34. The van der Waals surface area contributed by atoms with Crippen molar-refractivity contribution in [2.75, 3.05) is 20.6 Å². The summed E-state index contributed by atoms with van der Waals surface area (Å²) in [6.45, 7) is 7.56. The molecule has 0 aromatic carbocycles. The Kier molecular flexibility index (Phi) is 3.76. The summed E-state index contributed by atoms with van der Waals surface area (Å²) in [6.07, 6.45) is 0. The van der Waals surface area contributed by atoms with Crippen LogP contribution < -0.4 is 16.8 Å². The third-order valence-corrected chi connectivity index (χ3v) is 3.18. The molecule has 4 nitrogen and oxygen atoms in total. The number of rotatable bonds is 2. The van der Waals surface area contributed by atoms with Crippen molar-refractivity contribution in [3.63, 3.8) is 0 Å². The van der Waals surface area contributed by atoms with E-state index in [4.69, 9.17) is 11.5 Å². The van der Waals surface area contributed by atoms with Gasteiger partial charge < -0.3 is 21.7 Å². The molecule has 1 rings (SSSR count). The van der Waals surface area contributed by atoms with E-state index in [2.05, 4.69) is 45.1 Å². The first-order chi connectivity index (χ1) is 6.73. The van der Waals surface area contributed by atoms with Crippen molar-refractivity contribution < 1.29 is 0 Å². The van der Waals surface area contributed by atoms with Gasteiger partial charge in [-0.25, -0.2) is 0 Å². The van der Waals surface area contributed by atoms with Gasteiger partial charge >= 0.3 is 0 Å². The third-order valence-electron chi connectivity index (χ3n) is 3.18. The van der Waals surface area contributed by atoms with E-state index < -0.39 is 0 Å². The van der Waals surface area contributed by atoms with Crippen LogP contribution in [-0.4, -0.2) is 49.7 Å². The molecular weight excluding hydrogens is 188 g/mol. The quantitative estimate of drug-likeness (QED) is 0.584. The first kappa shape index (κ1) is 12.9. The first-order valence-electron chi connectivity index (χ1n) is 5.65. The van der Waals surface area contributed by atoms with Gasteiger partial charge in [0.2, 0.25) is 0 Å². The summed E-state index contributed by atoms with van der Waals surface area (Å²) in [5.74, 6) is 0. The van der Waals surface area contributed by atoms with Gasteiger partial charge in [-0.05, 0) is 19.5 Å². The molecule has 90 valence electrons. The normalized spacial score (nSPS) is 37.6. The SMILES string of the molecule is CN(C)CC1NC(C(C)(C)C)C(N)[C@@H]1N. The van der Waals surface area contributed by atoms with Gasteiger partial charge in [0.1, 0.15) is 0 Å². The highest BCUT2D eigenvalue weighted by Gasteiger charge is 2.43. The number of nitrogens with one attached hydrogen (secondary N) is 1. The fourth-order valence-electron chi connectivity index (χ4n) is 2.34. The number of hydrogen-bond acceptors (Lipinski definition) is 4. The van der Waals surface area contributed by atoms with Gasteiger partial charge in [0.25, 0.3) is 0 Å². The molecule has 1 aliphatic rings. The molecule has 4 heteroatoms. The summed E-state index contributed by atoms with van der Waals surface area (Å²) in [7, 11) is 4.12. The van der Waals surface area contributed by atoms with Crippen molar-refractivity contribution in [3.8, 4) is 0 Å². The maximum Gasteiger partial charge on any atom is 0.0376 e. The zero-order valence-electron chi connectivity index (χ0n) is 10.6. The summed E-state index contributed by atoms with van der Waals surface area (Å²) in [5, 5.41) is 3.57. The van der Waals surface area contributed by atoms with Crippen molar-refractivity contribution in [1.82, 2.24) is 10.2 Å². The van der Waals surface area contributed by atoms with Gasteiger partial charge in [0.15, 0.2) is 0 Å². The van der Waals surface area contributed by atoms with Gasteiger partial charge in [-0.3, -0.25) is 0 Å². The van der Waals surface area contributed by atoms with Gasteiger partial charge in [0, 0.05) is 30.7 Å². The second-order valence-corrected chi connectivity index (χ2v) is 6.03. The van der Waals surface area contributed by atoms with Crippen molar-refractivity contribution >= 4 is 0 Å². The molecule has 0 amide bonds. The topological polar surface area (TPSA) is 67.3 Å². The molecule has 1 fully saturated rings. The maximum absolute atomic E-state index is 6.17. The zero-order chi connectivity index (χ0) is 11.8. The molecule has 0 aliphatic carbocycles. The highest BCUT2D eigenvalue weighted by Crippen LogP contribution is 2.27. The summed E-state index contributed by atoms with van der Waals surface area (Å²) >= 11 is 0. The predicted molar refractivity (Wildman–Crippen MR) is 64.7 cm³/mol.